The SMILES string of the molecule is O=C(O)c1ccc(Cl)nc1Sc1ncnc2nc[nH]c12. The number of carboxylic acids is 1. The molecule has 100 valence electrons. The van der Waals surface area contributed by atoms with E-state index in [0.29, 0.717) is 16.2 Å². The molecule has 0 aliphatic rings. The molecule has 3 rings (SSSR count). The number of hydrogen-bond acceptors (Lipinski definition) is 6. The van der Waals surface area contributed by atoms with Gasteiger partial charge in [0.05, 0.1) is 11.9 Å². The second-order valence-corrected chi connectivity index (χ2v) is 5.04. The zero-order chi connectivity index (χ0) is 14.1. The first kappa shape index (κ1) is 12.8. The van der Waals surface area contributed by atoms with E-state index in [9.17, 15) is 4.79 Å². The summed E-state index contributed by atoms with van der Waals surface area (Å²) in [4.78, 5) is 30.2. The number of carbonyl (C=O) groups is 1. The van der Waals surface area contributed by atoms with Gasteiger partial charge in [-0.05, 0) is 23.9 Å². The normalized spacial score (nSPS) is 10.8. The summed E-state index contributed by atoms with van der Waals surface area (Å²) in [6.45, 7) is 0. The predicted molar refractivity (Wildman–Crippen MR) is 72.0 cm³/mol. The van der Waals surface area contributed by atoms with Crippen LogP contribution in [0.25, 0.3) is 11.2 Å². The summed E-state index contributed by atoms with van der Waals surface area (Å²) in [5.41, 5.74) is 1.18. The van der Waals surface area contributed by atoms with Crippen LogP contribution in [-0.4, -0.2) is 36.0 Å². The highest BCUT2D eigenvalue weighted by atomic mass is 35.5. The fraction of sp³-hybridized carbons (Fsp3) is 0. The van der Waals surface area contributed by atoms with Crippen molar-refractivity contribution in [2.75, 3.05) is 0 Å². The average Bonchev–Trinajstić information content (AvgIpc) is 2.88. The van der Waals surface area contributed by atoms with Gasteiger partial charge >= 0.3 is 5.97 Å². The maximum absolute atomic E-state index is 11.2. The van der Waals surface area contributed by atoms with Crippen LogP contribution in [0.5, 0.6) is 0 Å². The number of fused-ring (bicyclic) bond motifs is 1. The molecule has 3 aromatic rings. The lowest BCUT2D eigenvalue weighted by Gasteiger charge is -2.05. The smallest absolute Gasteiger partial charge is 0.338 e. The van der Waals surface area contributed by atoms with Gasteiger partial charge in [-0.25, -0.2) is 24.7 Å². The van der Waals surface area contributed by atoms with Gasteiger partial charge in [0.25, 0.3) is 0 Å². The number of pyridine rings is 1. The Morgan fingerprint density at radius 3 is 2.90 bits per heavy atom. The van der Waals surface area contributed by atoms with Crippen molar-refractivity contribution in [1.82, 2.24) is 24.9 Å². The highest BCUT2D eigenvalue weighted by molar-refractivity contribution is 7.99. The van der Waals surface area contributed by atoms with E-state index in [1.807, 2.05) is 0 Å². The van der Waals surface area contributed by atoms with Crippen LogP contribution in [0.2, 0.25) is 5.15 Å². The highest BCUT2D eigenvalue weighted by Crippen LogP contribution is 2.31. The van der Waals surface area contributed by atoms with Gasteiger partial charge in [0.2, 0.25) is 0 Å². The van der Waals surface area contributed by atoms with Gasteiger partial charge in [0.1, 0.15) is 27.0 Å². The van der Waals surface area contributed by atoms with Crippen LogP contribution < -0.4 is 0 Å². The standard InChI is InChI=1S/C11H6ClN5O2S/c12-6-2-1-5(11(18)19)9(17-6)20-10-7-8(14-3-13-7)15-4-16-10/h1-4H,(H,18,19)(H,13,14,15,16). The number of aromatic amines is 1. The Hall–Kier alpha value is -2.19. The number of nitrogens with zero attached hydrogens (tertiary/aromatic N) is 4. The zero-order valence-electron chi connectivity index (χ0n) is 9.74. The first-order valence-corrected chi connectivity index (χ1v) is 6.56. The summed E-state index contributed by atoms with van der Waals surface area (Å²) in [5, 5.41) is 10.2. The molecule has 7 nitrogen and oxygen atoms in total. The Morgan fingerprint density at radius 2 is 2.10 bits per heavy atom. The second kappa shape index (κ2) is 5.06. The molecule has 9 heteroatoms. The third-order valence-corrected chi connectivity index (χ3v) is 3.66. The minimum absolute atomic E-state index is 0.0608. The van der Waals surface area contributed by atoms with Gasteiger partial charge in [-0.1, -0.05) is 11.6 Å². The Bertz CT molecular complexity index is 806. The van der Waals surface area contributed by atoms with Crippen LogP contribution in [0.4, 0.5) is 0 Å². The first-order valence-electron chi connectivity index (χ1n) is 5.37. The number of halogens is 1. The summed E-state index contributed by atoms with van der Waals surface area (Å²) in [6, 6.07) is 2.84. The number of aromatic nitrogens is 5. The molecule has 0 aromatic carbocycles. The van der Waals surface area contributed by atoms with Crippen molar-refractivity contribution >= 4 is 40.5 Å². The van der Waals surface area contributed by atoms with Gasteiger partial charge in [-0.3, -0.25) is 0 Å². The Morgan fingerprint density at radius 1 is 1.25 bits per heavy atom. The van der Waals surface area contributed by atoms with Crippen molar-refractivity contribution in [1.29, 1.82) is 0 Å². The Labute approximate surface area is 121 Å². The third kappa shape index (κ3) is 2.30. The molecular formula is C11H6ClN5O2S. The van der Waals surface area contributed by atoms with Crippen LogP contribution in [-0.2, 0) is 0 Å². The molecule has 0 spiro atoms. The second-order valence-electron chi connectivity index (χ2n) is 3.67. The van der Waals surface area contributed by atoms with Crippen LogP contribution in [0.3, 0.4) is 0 Å². The maximum atomic E-state index is 11.2. The molecule has 0 fully saturated rings. The lowest BCUT2D eigenvalue weighted by molar-refractivity contribution is 0.0692. The molecule has 0 unspecified atom stereocenters. The molecule has 0 saturated carbocycles. The van der Waals surface area contributed by atoms with E-state index in [1.54, 1.807) is 0 Å². The van der Waals surface area contributed by atoms with Crippen molar-refractivity contribution in [2.45, 2.75) is 10.1 Å². The van der Waals surface area contributed by atoms with Gasteiger partial charge in [0, 0.05) is 0 Å². The molecule has 0 bridgehead atoms. The Kier molecular flexibility index (Phi) is 3.25. The van der Waals surface area contributed by atoms with Crippen LogP contribution in [0, 0.1) is 0 Å². The summed E-state index contributed by atoms with van der Waals surface area (Å²) < 4.78 is 0. The van der Waals surface area contributed by atoms with E-state index < -0.39 is 5.97 Å². The van der Waals surface area contributed by atoms with Crippen LogP contribution in [0.1, 0.15) is 10.4 Å². The van der Waals surface area contributed by atoms with Crippen molar-refractivity contribution in [3.63, 3.8) is 0 Å². The van der Waals surface area contributed by atoms with Gasteiger partial charge in [-0.2, -0.15) is 0 Å². The van der Waals surface area contributed by atoms with Crippen molar-refractivity contribution in [3.05, 3.63) is 35.5 Å². The van der Waals surface area contributed by atoms with Crippen LogP contribution >= 0.6 is 23.4 Å². The van der Waals surface area contributed by atoms with E-state index in [4.69, 9.17) is 16.7 Å². The van der Waals surface area contributed by atoms with E-state index in [-0.39, 0.29) is 15.7 Å². The number of rotatable bonds is 3. The summed E-state index contributed by atoms with van der Waals surface area (Å²) in [6.07, 6.45) is 2.85. The number of nitrogens with one attached hydrogen (secondary N) is 1. The topological polar surface area (TPSA) is 105 Å². The lowest BCUT2D eigenvalue weighted by atomic mass is 10.3. The maximum Gasteiger partial charge on any atom is 0.338 e. The summed E-state index contributed by atoms with van der Waals surface area (Å²) in [7, 11) is 0. The number of H-pyrrole nitrogens is 1. The molecule has 0 aliphatic carbocycles. The molecule has 0 atom stereocenters. The van der Waals surface area contributed by atoms with Crippen molar-refractivity contribution < 1.29 is 9.90 Å². The van der Waals surface area contributed by atoms with Crippen LogP contribution in [0.15, 0.2) is 34.8 Å². The van der Waals surface area contributed by atoms with E-state index in [1.165, 1.54) is 24.8 Å². The molecule has 3 heterocycles. The quantitative estimate of drug-likeness (QED) is 0.564. The van der Waals surface area contributed by atoms with Gasteiger partial charge in [-0.15, -0.1) is 0 Å². The van der Waals surface area contributed by atoms with Crippen molar-refractivity contribution in [2.24, 2.45) is 0 Å². The fourth-order valence-electron chi connectivity index (χ4n) is 1.57. The summed E-state index contributed by atoms with van der Waals surface area (Å²) in [5.74, 6) is -1.08. The number of imidazole rings is 1. The molecule has 0 saturated heterocycles. The number of carboxylic acid groups (broad SMARTS) is 1. The molecule has 20 heavy (non-hydrogen) atoms. The summed E-state index contributed by atoms with van der Waals surface area (Å²) >= 11 is 6.91. The lowest BCUT2D eigenvalue weighted by Crippen LogP contribution is -2.01. The molecular weight excluding hydrogens is 302 g/mol. The largest absolute Gasteiger partial charge is 0.478 e. The number of aromatic carboxylic acids is 1. The average molecular weight is 308 g/mol. The minimum Gasteiger partial charge on any atom is -0.478 e. The first-order chi connectivity index (χ1) is 9.65. The van der Waals surface area contributed by atoms with Gasteiger partial charge < -0.3 is 10.1 Å². The van der Waals surface area contributed by atoms with E-state index >= 15 is 0 Å². The number of hydrogen-bond donors (Lipinski definition) is 2. The molecule has 0 amide bonds. The van der Waals surface area contributed by atoms with Gasteiger partial charge in [0.15, 0.2) is 5.65 Å². The third-order valence-electron chi connectivity index (χ3n) is 2.44. The minimum atomic E-state index is -1.08. The highest BCUT2D eigenvalue weighted by Gasteiger charge is 2.16. The molecule has 0 radical (unpaired) electrons. The fourth-order valence-corrected chi connectivity index (χ4v) is 2.71. The zero-order valence-corrected chi connectivity index (χ0v) is 11.3. The monoisotopic (exact) mass is 307 g/mol. The van der Waals surface area contributed by atoms with E-state index in [2.05, 4.69) is 24.9 Å². The molecule has 0 aliphatic heterocycles. The van der Waals surface area contributed by atoms with Crippen molar-refractivity contribution in [3.8, 4) is 0 Å². The molecule has 3 aromatic heterocycles. The predicted octanol–water partition coefficient (Wildman–Crippen LogP) is 2.25. The Balaban J connectivity index is 2.09. The molecule has 2 N–H and O–H groups in total. The van der Waals surface area contributed by atoms with E-state index in [0.717, 1.165) is 11.8 Å².